The van der Waals surface area contributed by atoms with E-state index in [1.54, 1.807) is 0 Å². The van der Waals surface area contributed by atoms with Gasteiger partial charge in [0.2, 0.25) is 0 Å². The molecule has 3 heterocycles. The number of methoxy groups -OCH3 is 1. The third kappa shape index (κ3) is 1.97. The molecular formula is C17H20N2O2. The van der Waals surface area contributed by atoms with Crippen LogP contribution in [0.2, 0.25) is 0 Å². The topological polar surface area (TPSA) is 45.3 Å². The summed E-state index contributed by atoms with van der Waals surface area (Å²) >= 11 is 0. The van der Waals surface area contributed by atoms with Crippen molar-refractivity contribution < 1.29 is 9.53 Å². The molecule has 1 aromatic carbocycles. The number of esters is 1. The lowest BCUT2D eigenvalue weighted by atomic mass is 9.85. The highest BCUT2D eigenvalue weighted by molar-refractivity contribution is 5.85. The van der Waals surface area contributed by atoms with Crippen LogP contribution in [0.3, 0.4) is 0 Å². The molecule has 0 amide bonds. The first-order valence-corrected chi connectivity index (χ1v) is 7.69. The molecule has 4 nitrogen and oxygen atoms in total. The predicted molar refractivity (Wildman–Crippen MR) is 81.1 cm³/mol. The molecule has 0 bridgehead atoms. The van der Waals surface area contributed by atoms with Gasteiger partial charge in [-0.1, -0.05) is 18.2 Å². The molecule has 0 spiro atoms. The average Bonchev–Trinajstić information content (AvgIpc) is 2.92. The van der Waals surface area contributed by atoms with Crippen molar-refractivity contribution in [2.45, 2.75) is 25.3 Å². The number of fused-ring (bicyclic) bond motifs is 5. The molecule has 110 valence electrons. The van der Waals surface area contributed by atoms with Crippen molar-refractivity contribution in [3.63, 3.8) is 0 Å². The Kier molecular flexibility index (Phi) is 3.00. The maximum absolute atomic E-state index is 11.9. The molecule has 2 atom stereocenters. The second-order valence-corrected chi connectivity index (χ2v) is 6.11. The molecule has 2 aliphatic heterocycles. The van der Waals surface area contributed by atoms with E-state index in [0.717, 1.165) is 32.4 Å². The van der Waals surface area contributed by atoms with Crippen molar-refractivity contribution in [2.24, 2.45) is 5.92 Å². The van der Waals surface area contributed by atoms with Crippen LogP contribution in [-0.4, -0.2) is 36.1 Å². The highest BCUT2D eigenvalue weighted by Crippen LogP contribution is 2.41. The highest BCUT2D eigenvalue weighted by Gasteiger charge is 2.38. The molecule has 0 radical (unpaired) electrons. The zero-order chi connectivity index (χ0) is 14.4. The van der Waals surface area contributed by atoms with Crippen LogP contribution in [0.1, 0.15) is 30.1 Å². The summed E-state index contributed by atoms with van der Waals surface area (Å²) in [5.74, 6) is -0.0218. The van der Waals surface area contributed by atoms with Gasteiger partial charge in [0.15, 0.2) is 0 Å². The van der Waals surface area contributed by atoms with Gasteiger partial charge in [-0.15, -0.1) is 0 Å². The quantitative estimate of drug-likeness (QED) is 0.819. The summed E-state index contributed by atoms with van der Waals surface area (Å²) in [7, 11) is 1.49. The van der Waals surface area contributed by atoms with Gasteiger partial charge < -0.3 is 9.72 Å². The first-order valence-electron chi connectivity index (χ1n) is 7.69. The summed E-state index contributed by atoms with van der Waals surface area (Å²) < 4.78 is 4.95. The predicted octanol–water partition coefficient (Wildman–Crippen LogP) is 2.65. The van der Waals surface area contributed by atoms with Crippen molar-refractivity contribution in [2.75, 3.05) is 20.2 Å². The van der Waals surface area contributed by atoms with E-state index >= 15 is 0 Å². The lowest BCUT2D eigenvalue weighted by Gasteiger charge is -2.41. The Morgan fingerprint density at radius 2 is 2.19 bits per heavy atom. The Balaban J connectivity index is 1.73. The Morgan fingerprint density at radius 3 is 3.05 bits per heavy atom. The van der Waals surface area contributed by atoms with Gasteiger partial charge in [0.25, 0.3) is 0 Å². The van der Waals surface area contributed by atoms with Gasteiger partial charge >= 0.3 is 5.97 Å². The molecule has 21 heavy (non-hydrogen) atoms. The Bertz CT molecular complexity index is 691. The standard InChI is InChI=1S/C17H20N2O2/c1-21-17(20)11-6-8-19-9-7-13-12-4-2-3-5-14(12)18-16(13)15(19)10-11/h2-5,11,15,18H,6-10H2,1H3. The van der Waals surface area contributed by atoms with E-state index in [9.17, 15) is 4.79 Å². The van der Waals surface area contributed by atoms with E-state index in [1.807, 2.05) is 0 Å². The number of nitrogens with zero attached hydrogens (tertiary/aromatic N) is 1. The molecule has 2 aromatic rings. The monoisotopic (exact) mass is 284 g/mol. The molecule has 1 aromatic heterocycles. The van der Waals surface area contributed by atoms with E-state index < -0.39 is 0 Å². The first kappa shape index (κ1) is 12.9. The van der Waals surface area contributed by atoms with Crippen LogP contribution in [0.15, 0.2) is 24.3 Å². The molecule has 4 rings (SSSR count). The van der Waals surface area contributed by atoms with E-state index in [2.05, 4.69) is 34.1 Å². The van der Waals surface area contributed by atoms with Gasteiger partial charge in [-0.2, -0.15) is 0 Å². The fraction of sp³-hybridized carbons (Fsp3) is 0.471. The van der Waals surface area contributed by atoms with Crippen molar-refractivity contribution in [1.29, 1.82) is 0 Å². The van der Waals surface area contributed by atoms with Gasteiger partial charge in [-0.3, -0.25) is 9.69 Å². The van der Waals surface area contributed by atoms with E-state index in [1.165, 1.54) is 29.3 Å². The van der Waals surface area contributed by atoms with Crippen LogP contribution < -0.4 is 0 Å². The van der Waals surface area contributed by atoms with Crippen LogP contribution >= 0.6 is 0 Å². The number of ether oxygens (including phenoxy) is 1. The number of hydrogen-bond acceptors (Lipinski definition) is 3. The fourth-order valence-corrected chi connectivity index (χ4v) is 3.99. The summed E-state index contributed by atoms with van der Waals surface area (Å²) in [6.07, 6.45) is 2.88. The third-order valence-corrected chi connectivity index (χ3v) is 5.08. The zero-order valence-corrected chi connectivity index (χ0v) is 12.3. The van der Waals surface area contributed by atoms with Crippen LogP contribution in [-0.2, 0) is 16.0 Å². The minimum absolute atomic E-state index is 0.0358. The summed E-state index contributed by atoms with van der Waals surface area (Å²) in [4.78, 5) is 18.0. The zero-order valence-electron chi connectivity index (χ0n) is 12.3. The number of aromatic amines is 1. The van der Waals surface area contributed by atoms with Gasteiger partial charge in [0.05, 0.1) is 19.1 Å². The second-order valence-electron chi connectivity index (χ2n) is 6.11. The summed E-state index contributed by atoms with van der Waals surface area (Å²) in [6, 6.07) is 8.83. The maximum Gasteiger partial charge on any atom is 0.308 e. The number of aromatic nitrogens is 1. The number of nitrogens with one attached hydrogen (secondary N) is 1. The van der Waals surface area contributed by atoms with Gasteiger partial charge in [0.1, 0.15) is 0 Å². The number of carbonyl (C=O) groups is 1. The van der Waals surface area contributed by atoms with Crippen LogP contribution in [0, 0.1) is 5.92 Å². The van der Waals surface area contributed by atoms with Gasteiger partial charge in [-0.25, -0.2) is 0 Å². The van der Waals surface area contributed by atoms with Crippen molar-refractivity contribution in [3.8, 4) is 0 Å². The smallest absolute Gasteiger partial charge is 0.308 e. The second kappa shape index (κ2) is 4.88. The van der Waals surface area contributed by atoms with Gasteiger partial charge in [-0.05, 0) is 37.4 Å². The van der Waals surface area contributed by atoms with Crippen molar-refractivity contribution >= 4 is 16.9 Å². The summed E-state index contributed by atoms with van der Waals surface area (Å²) in [6.45, 7) is 2.08. The lowest BCUT2D eigenvalue weighted by molar-refractivity contribution is -0.148. The van der Waals surface area contributed by atoms with E-state index in [0.29, 0.717) is 6.04 Å². The number of carbonyl (C=O) groups excluding carboxylic acids is 1. The fourth-order valence-electron chi connectivity index (χ4n) is 3.99. The molecule has 0 saturated carbocycles. The molecule has 1 N–H and O–H groups in total. The summed E-state index contributed by atoms with van der Waals surface area (Å²) in [5.41, 5.74) is 3.97. The molecule has 1 saturated heterocycles. The van der Waals surface area contributed by atoms with E-state index in [-0.39, 0.29) is 11.9 Å². The van der Waals surface area contributed by atoms with Crippen molar-refractivity contribution in [1.82, 2.24) is 9.88 Å². The third-order valence-electron chi connectivity index (χ3n) is 5.08. The number of piperidine rings is 1. The molecular weight excluding hydrogens is 264 g/mol. The normalized spacial score (nSPS) is 25.4. The Morgan fingerprint density at radius 1 is 1.33 bits per heavy atom. The first-order chi connectivity index (χ1) is 10.3. The average molecular weight is 284 g/mol. The maximum atomic E-state index is 11.9. The molecule has 1 fully saturated rings. The molecule has 0 aliphatic carbocycles. The Labute approximate surface area is 124 Å². The number of H-pyrrole nitrogens is 1. The van der Waals surface area contributed by atoms with Crippen molar-refractivity contribution in [3.05, 3.63) is 35.5 Å². The van der Waals surface area contributed by atoms with Crippen LogP contribution in [0.5, 0.6) is 0 Å². The summed E-state index contributed by atoms with van der Waals surface area (Å²) in [5, 5.41) is 1.34. The Hall–Kier alpha value is -1.81. The minimum atomic E-state index is -0.0575. The van der Waals surface area contributed by atoms with Crippen LogP contribution in [0.25, 0.3) is 10.9 Å². The number of rotatable bonds is 1. The largest absolute Gasteiger partial charge is 0.469 e. The molecule has 2 aliphatic rings. The molecule has 2 unspecified atom stereocenters. The van der Waals surface area contributed by atoms with E-state index in [4.69, 9.17) is 4.74 Å². The lowest BCUT2D eigenvalue weighted by Crippen LogP contribution is -2.43. The number of hydrogen-bond donors (Lipinski definition) is 1. The number of para-hydroxylation sites is 1. The van der Waals surface area contributed by atoms with Crippen LogP contribution in [0.4, 0.5) is 0 Å². The SMILES string of the molecule is COC(=O)C1CCN2CCc3c([nH]c4ccccc34)C2C1. The minimum Gasteiger partial charge on any atom is -0.469 e. The highest BCUT2D eigenvalue weighted by atomic mass is 16.5. The number of benzene rings is 1. The van der Waals surface area contributed by atoms with Gasteiger partial charge in [0, 0.05) is 23.1 Å². The molecule has 4 heteroatoms.